The minimum atomic E-state index is 0.156. The van der Waals surface area contributed by atoms with Gasteiger partial charge in [0.2, 0.25) is 11.8 Å². The number of hydrogen-bond donors (Lipinski definition) is 2. The van der Waals surface area contributed by atoms with Crippen LogP contribution in [0, 0.1) is 11.8 Å². The highest BCUT2D eigenvalue weighted by Crippen LogP contribution is 2.23. The standard InChI is InChI=1S/C18H33N3O2/c1-19-11-7-15-9-13-21(14-10-15)17(22)8-12-20-18(23)16-5-3-2-4-6-16/h15-16,19H,2-14H2,1H3,(H,20,23). The van der Waals surface area contributed by atoms with Gasteiger partial charge in [-0.15, -0.1) is 0 Å². The van der Waals surface area contributed by atoms with E-state index < -0.39 is 0 Å². The first-order chi connectivity index (χ1) is 11.2. The van der Waals surface area contributed by atoms with Crippen LogP contribution in [-0.2, 0) is 9.59 Å². The number of amides is 2. The molecule has 0 radical (unpaired) electrons. The summed E-state index contributed by atoms with van der Waals surface area (Å²) in [6.07, 6.45) is 9.49. The van der Waals surface area contributed by atoms with Gasteiger partial charge in [-0.25, -0.2) is 0 Å². The number of carbonyl (C=O) groups is 2. The molecule has 2 amide bonds. The van der Waals surface area contributed by atoms with Gasteiger partial charge in [-0.2, -0.15) is 0 Å². The van der Waals surface area contributed by atoms with Gasteiger partial charge in [0.15, 0.2) is 0 Å². The quantitative estimate of drug-likeness (QED) is 0.752. The number of hydrogen-bond acceptors (Lipinski definition) is 3. The Bertz CT molecular complexity index is 372. The van der Waals surface area contributed by atoms with Crippen LogP contribution in [0.25, 0.3) is 0 Å². The molecule has 2 aliphatic rings. The number of likely N-dealkylation sites (tertiary alicyclic amines) is 1. The maximum Gasteiger partial charge on any atom is 0.224 e. The molecule has 1 saturated heterocycles. The van der Waals surface area contributed by atoms with Gasteiger partial charge < -0.3 is 15.5 Å². The van der Waals surface area contributed by atoms with E-state index in [2.05, 4.69) is 10.6 Å². The van der Waals surface area contributed by atoms with Crippen LogP contribution >= 0.6 is 0 Å². The van der Waals surface area contributed by atoms with Crippen LogP contribution in [0.1, 0.15) is 57.8 Å². The van der Waals surface area contributed by atoms with E-state index in [4.69, 9.17) is 0 Å². The molecule has 132 valence electrons. The molecule has 5 nitrogen and oxygen atoms in total. The summed E-state index contributed by atoms with van der Waals surface area (Å²) in [6, 6.07) is 0. The van der Waals surface area contributed by atoms with E-state index in [0.29, 0.717) is 13.0 Å². The molecular formula is C18H33N3O2. The second-order valence-corrected chi connectivity index (χ2v) is 7.09. The third-order valence-corrected chi connectivity index (χ3v) is 5.38. The van der Waals surface area contributed by atoms with E-state index in [9.17, 15) is 9.59 Å². The van der Waals surface area contributed by atoms with Gasteiger partial charge in [0.1, 0.15) is 0 Å². The lowest BCUT2D eigenvalue weighted by Crippen LogP contribution is -2.41. The van der Waals surface area contributed by atoms with Crippen molar-refractivity contribution in [1.82, 2.24) is 15.5 Å². The average molecular weight is 323 g/mol. The van der Waals surface area contributed by atoms with Crippen molar-refractivity contribution in [3.63, 3.8) is 0 Å². The molecule has 0 aromatic heterocycles. The van der Waals surface area contributed by atoms with Crippen LogP contribution in [0.15, 0.2) is 0 Å². The second-order valence-electron chi connectivity index (χ2n) is 7.09. The van der Waals surface area contributed by atoms with Crippen molar-refractivity contribution in [3.05, 3.63) is 0 Å². The fraction of sp³-hybridized carbons (Fsp3) is 0.889. The first-order valence-electron chi connectivity index (χ1n) is 9.40. The summed E-state index contributed by atoms with van der Waals surface area (Å²) in [7, 11) is 1.99. The Morgan fingerprint density at radius 3 is 2.35 bits per heavy atom. The van der Waals surface area contributed by atoms with Crippen LogP contribution in [0.4, 0.5) is 0 Å². The summed E-state index contributed by atoms with van der Waals surface area (Å²) in [5.74, 6) is 1.28. The molecule has 2 N–H and O–H groups in total. The maximum absolute atomic E-state index is 12.2. The molecule has 0 bridgehead atoms. The second kappa shape index (κ2) is 9.91. The third kappa shape index (κ3) is 6.13. The number of nitrogens with one attached hydrogen (secondary N) is 2. The molecule has 0 atom stereocenters. The van der Waals surface area contributed by atoms with E-state index in [1.54, 1.807) is 0 Å². The molecule has 5 heteroatoms. The van der Waals surface area contributed by atoms with Crippen molar-refractivity contribution in [2.75, 3.05) is 33.2 Å². The SMILES string of the molecule is CNCCC1CCN(C(=O)CCNC(=O)C2CCCCC2)CC1. The smallest absolute Gasteiger partial charge is 0.224 e. The van der Waals surface area contributed by atoms with Crippen LogP contribution in [0.3, 0.4) is 0 Å². The lowest BCUT2D eigenvalue weighted by Gasteiger charge is -2.32. The zero-order valence-corrected chi connectivity index (χ0v) is 14.6. The van der Waals surface area contributed by atoms with E-state index in [1.165, 1.54) is 25.7 Å². The van der Waals surface area contributed by atoms with Crippen molar-refractivity contribution >= 4 is 11.8 Å². The fourth-order valence-electron chi connectivity index (χ4n) is 3.78. The molecule has 2 rings (SSSR count). The highest BCUT2D eigenvalue weighted by Gasteiger charge is 2.23. The van der Waals surface area contributed by atoms with Crippen LogP contribution in [-0.4, -0.2) is 49.9 Å². The lowest BCUT2D eigenvalue weighted by atomic mass is 9.89. The van der Waals surface area contributed by atoms with Crippen LogP contribution < -0.4 is 10.6 Å². The predicted octanol–water partition coefficient (Wildman–Crippen LogP) is 1.92. The van der Waals surface area contributed by atoms with Crippen LogP contribution in [0.2, 0.25) is 0 Å². The van der Waals surface area contributed by atoms with E-state index in [-0.39, 0.29) is 17.7 Å². The molecule has 0 aromatic rings. The highest BCUT2D eigenvalue weighted by molar-refractivity contribution is 5.80. The first-order valence-corrected chi connectivity index (χ1v) is 9.40. The highest BCUT2D eigenvalue weighted by atomic mass is 16.2. The van der Waals surface area contributed by atoms with Crippen molar-refractivity contribution in [2.24, 2.45) is 11.8 Å². The van der Waals surface area contributed by atoms with Crippen molar-refractivity contribution in [2.45, 2.75) is 57.8 Å². The van der Waals surface area contributed by atoms with Gasteiger partial charge >= 0.3 is 0 Å². The number of piperidine rings is 1. The number of carbonyl (C=O) groups excluding carboxylic acids is 2. The Balaban J connectivity index is 1.59. The molecule has 1 saturated carbocycles. The van der Waals surface area contributed by atoms with E-state index in [1.807, 2.05) is 11.9 Å². The van der Waals surface area contributed by atoms with Gasteiger partial charge in [0, 0.05) is 32.0 Å². The van der Waals surface area contributed by atoms with Gasteiger partial charge in [0.25, 0.3) is 0 Å². The molecule has 0 unspecified atom stereocenters. The lowest BCUT2D eigenvalue weighted by molar-refractivity contribution is -0.132. The van der Waals surface area contributed by atoms with Crippen molar-refractivity contribution in [1.29, 1.82) is 0 Å². The molecule has 1 aliphatic heterocycles. The first kappa shape index (κ1) is 18.2. The zero-order chi connectivity index (χ0) is 16.5. The molecule has 1 heterocycles. The Labute approximate surface area is 140 Å². The Hall–Kier alpha value is -1.10. The third-order valence-electron chi connectivity index (χ3n) is 5.38. The Morgan fingerprint density at radius 1 is 1.00 bits per heavy atom. The summed E-state index contributed by atoms with van der Waals surface area (Å²) >= 11 is 0. The Kier molecular flexibility index (Phi) is 7.86. The molecular weight excluding hydrogens is 290 g/mol. The molecule has 23 heavy (non-hydrogen) atoms. The van der Waals surface area contributed by atoms with Crippen molar-refractivity contribution in [3.8, 4) is 0 Å². The maximum atomic E-state index is 12.2. The molecule has 0 aromatic carbocycles. The topological polar surface area (TPSA) is 61.4 Å². The van der Waals surface area contributed by atoms with Gasteiger partial charge in [-0.05, 0) is 51.6 Å². The summed E-state index contributed by atoms with van der Waals surface area (Å²) < 4.78 is 0. The summed E-state index contributed by atoms with van der Waals surface area (Å²) in [4.78, 5) is 26.3. The molecule has 2 fully saturated rings. The zero-order valence-electron chi connectivity index (χ0n) is 14.6. The number of rotatable bonds is 7. The fourth-order valence-corrected chi connectivity index (χ4v) is 3.78. The number of nitrogens with zero attached hydrogens (tertiary/aromatic N) is 1. The van der Waals surface area contributed by atoms with Crippen molar-refractivity contribution < 1.29 is 9.59 Å². The summed E-state index contributed by atoms with van der Waals surface area (Å²) in [5.41, 5.74) is 0. The normalized spacial score (nSPS) is 20.5. The average Bonchev–Trinajstić information content (AvgIpc) is 2.61. The summed E-state index contributed by atoms with van der Waals surface area (Å²) in [5, 5.41) is 6.16. The van der Waals surface area contributed by atoms with Gasteiger partial charge in [-0.3, -0.25) is 9.59 Å². The Morgan fingerprint density at radius 2 is 1.70 bits per heavy atom. The van der Waals surface area contributed by atoms with Crippen LogP contribution in [0.5, 0.6) is 0 Å². The predicted molar refractivity (Wildman–Crippen MR) is 92.0 cm³/mol. The minimum Gasteiger partial charge on any atom is -0.355 e. The summed E-state index contributed by atoms with van der Waals surface area (Å²) in [6.45, 7) is 3.31. The van der Waals surface area contributed by atoms with E-state index in [0.717, 1.165) is 51.2 Å². The van der Waals surface area contributed by atoms with Gasteiger partial charge in [-0.1, -0.05) is 19.3 Å². The minimum absolute atomic E-state index is 0.156. The molecule has 0 spiro atoms. The largest absolute Gasteiger partial charge is 0.355 e. The van der Waals surface area contributed by atoms with Gasteiger partial charge in [0.05, 0.1) is 0 Å². The van der Waals surface area contributed by atoms with E-state index >= 15 is 0 Å². The molecule has 1 aliphatic carbocycles. The monoisotopic (exact) mass is 323 g/mol.